The molecule has 0 saturated carbocycles. The lowest BCUT2D eigenvalue weighted by molar-refractivity contribution is 0.304. The van der Waals surface area contributed by atoms with Crippen molar-refractivity contribution in [3.63, 3.8) is 0 Å². The third-order valence-electron chi connectivity index (χ3n) is 2.98. The van der Waals surface area contributed by atoms with Crippen LogP contribution in [0.15, 0.2) is 36.5 Å². The number of ether oxygens (including phenoxy) is 1. The molecule has 0 unspecified atom stereocenters. The van der Waals surface area contributed by atoms with Crippen LogP contribution in [-0.2, 0) is 13.2 Å². The molecular weight excluding hydrogens is 224 g/mol. The fourth-order valence-corrected chi connectivity index (χ4v) is 1.68. The van der Waals surface area contributed by atoms with Crippen molar-refractivity contribution in [2.24, 2.45) is 5.73 Å². The van der Waals surface area contributed by atoms with Gasteiger partial charge in [0.05, 0.1) is 11.9 Å². The van der Waals surface area contributed by atoms with Gasteiger partial charge >= 0.3 is 0 Å². The number of hydrogen-bond donors (Lipinski definition) is 1. The van der Waals surface area contributed by atoms with Crippen LogP contribution < -0.4 is 10.5 Å². The van der Waals surface area contributed by atoms with Crippen LogP contribution in [0.5, 0.6) is 5.75 Å². The Morgan fingerprint density at radius 1 is 1.11 bits per heavy atom. The third kappa shape index (κ3) is 3.08. The van der Waals surface area contributed by atoms with Gasteiger partial charge in [-0.1, -0.05) is 18.2 Å². The van der Waals surface area contributed by atoms with E-state index in [1.165, 1.54) is 16.7 Å². The van der Waals surface area contributed by atoms with Crippen molar-refractivity contribution in [2.75, 3.05) is 0 Å². The van der Waals surface area contributed by atoms with Crippen LogP contribution in [-0.4, -0.2) is 4.98 Å². The Kier molecular flexibility index (Phi) is 3.95. The Hall–Kier alpha value is -1.87. The zero-order valence-electron chi connectivity index (χ0n) is 10.8. The minimum atomic E-state index is 0.456. The quantitative estimate of drug-likeness (QED) is 0.896. The van der Waals surface area contributed by atoms with Crippen LogP contribution in [0.1, 0.15) is 22.4 Å². The number of nitrogens with two attached hydrogens (primary N) is 1. The topological polar surface area (TPSA) is 48.1 Å². The minimum Gasteiger partial charge on any atom is -0.487 e. The molecule has 0 amide bonds. The van der Waals surface area contributed by atoms with E-state index in [1.54, 1.807) is 6.20 Å². The zero-order valence-corrected chi connectivity index (χ0v) is 10.8. The predicted molar refractivity (Wildman–Crippen MR) is 72.4 cm³/mol. The van der Waals surface area contributed by atoms with Crippen molar-refractivity contribution in [3.05, 3.63) is 58.9 Å². The SMILES string of the molecule is Cc1ccc(COc2ccc(CN)nc2)cc1C. The van der Waals surface area contributed by atoms with E-state index in [0.717, 1.165) is 11.4 Å². The highest BCUT2D eigenvalue weighted by Crippen LogP contribution is 2.14. The fourth-order valence-electron chi connectivity index (χ4n) is 1.68. The molecule has 0 atom stereocenters. The molecule has 0 fully saturated rings. The largest absolute Gasteiger partial charge is 0.487 e. The molecule has 2 rings (SSSR count). The van der Waals surface area contributed by atoms with E-state index in [9.17, 15) is 0 Å². The summed E-state index contributed by atoms with van der Waals surface area (Å²) < 4.78 is 5.68. The summed E-state index contributed by atoms with van der Waals surface area (Å²) >= 11 is 0. The number of rotatable bonds is 4. The monoisotopic (exact) mass is 242 g/mol. The maximum Gasteiger partial charge on any atom is 0.138 e. The summed E-state index contributed by atoms with van der Waals surface area (Å²) in [6.07, 6.45) is 1.71. The minimum absolute atomic E-state index is 0.456. The van der Waals surface area contributed by atoms with Gasteiger partial charge in [-0.15, -0.1) is 0 Å². The summed E-state index contributed by atoms with van der Waals surface area (Å²) in [5.41, 5.74) is 10.1. The van der Waals surface area contributed by atoms with Gasteiger partial charge in [-0.3, -0.25) is 4.98 Å². The number of nitrogens with zero attached hydrogens (tertiary/aromatic N) is 1. The van der Waals surface area contributed by atoms with Gasteiger partial charge in [0.1, 0.15) is 12.4 Å². The van der Waals surface area contributed by atoms with Crippen molar-refractivity contribution in [1.29, 1.82) is 0 Å². The van der Waals surface area contributed by atoms with Crippen molar-refractivity contribution < 1.29 is 4.74 Å². The first-order chi connectivity index (χ1) is 8.69. The van der Waals surface area contributed by atoms with E-state index in [-0.39, 0.29) is 0 Å². The van der Waals surface area contributed by atoms with Crippen LogP contribution in [0, 0.1) is 13.8 Å². The first-order valence-corrected chi connectivity index (χ1v) is 6.03. The van der Waals surface area contributed by atoms with Gasteiger partial charge in [-0.05, 0) is 42.7 Å². The highest BCUT2D eigenvalue weighted by molar-refractivity contribution is 5.30. The smallest absolute Gasteiger partial charge is 0.138 e. The molecule has 0 aliphatic carbocycles. The molecule has 3 nitrogen and oxygen atoms in total. The summed E-state index contributed by atoms with van der Waals surface area (Å²) in [4.78, 5) is 4.19. The Morgan fingerprint density at radius 3 is 2.56 bits per heavy atom. The molecule has 0 aliphatic heterocycles. The molecule has 2 aromatic rings. The first kappa shape index (κ1) is 12.6. The number of hydrogen-bond acceptors (Lipinski definition) is 3. The predicted octanol–water partition coefficient (Wildman–Crippen LogP) is 2.74. The van der Waals surface area contributed by atoms with Gasteiger partial charge in [0.15, 0.2) is 0 Å². The standard InChI is InChI=1S/C15H18N2O/c1-11-3-4-13(7-12(11)2)10-18-15-6-5-14(8-16)17-9-15/h3-7,9H,8,10,16H2,1-2H3. The van der Waals surface area contributed by atoms with Gasteiger partial charge in [0.2, 0.25) is 0 Å². The van der Waals surface area contributed by atoms with Crippen LogP contribution in [0.2, 0.25) is 0 Å². The fraction of sp³-hybridized carbons (Fsp3) is 0.267. The van der Waals surface area contributed by atoms with E-state index < -0.39 is 0 Å². The summed E-state index contributed by atoms with van der Waals surface area (Å²) in [5, 5.41) is 0. The molecule has 94 valence electrons. The molecule has 0 radical (unpaired) electrons. The van der Waals surface area contributed by atoms with Gasteiger partial charge in [-0.2, -0.15) is 0 Å². The lowest BCUT2D eigenvalue weighted by Gasteiger charge is -2.08. The molecule has 0 bridgehead atoms. The summed E-state index contributed by atoms with van der Waals surface area (Å²) in [5.74, 6) is 0.769. The van der Waals surface area contributed by atoms with Crippen LogP contribution >= 0.6 is 0 Å². The average molecular weight is 242 g/mol. The molecule has 2 N–H and O–H groups in total. The second-order valence-corrected chi connectivity index (χ2v) is 4.40. The number of benzene rings is 1. The Balaban J connectivity index is 1.99. The van der Waals surface area contributed by atoms with Crippen LogP contribution in [0.3, 0.4) is 0 Å². The Labute approximate surface area is 108 Å². The second kappa shape index (κ2) is 5.65. The maximum atomic E-state index is 5.68. The number of pyridine rings is 1. The third-order valence-corrected chi connectivity index (χ3v) is 2.98. The molecule has 3 heteroatoms. The van der Waals surface area contributed by atoms with Crippen LogP contribution in [0.4, 0.5) is 0 Å². The summed E-state index contributed by atoms with van der Waals surface area (Å²) in [7, 11) is 0. The number of aryl methyl sites for hydroxylation is 2. The average Bonchev–Trinajstić information content (AvgIpc) is 2.41. The highest BCUT2D eigenvalue weighted by Gasteiger charge is 1.99. The van der Waals surface area contributed by atoms with Gasteiger partial charge in [-0.25, -0.2) is 0 Å². The van der Waals surface area contributed by atoms with Crippen molar-refractivity contribution in [1.82, 2.24) is 4.98 Å². The van der Waals surface area contributed by atoms with E-state index in [2.05, 4.69) is 37.0 Å². The molecule has 1 heterocycles. The summed E-state index contributed by atoms with van der Waals surface area (Å²) in [6.45, 7) is 5.23. The molecule has 0 spiro atoms. The van der Waals surface area contributed by atoms with Gasteiger partial charge in [0, 0.05) is 6.54 Å². The van der Waals surface area contributed by atoms with E-state index in [0.29, 0.717) is 13.2 Å². The van der Waals surface area contributed by atoms with Crippen molar-refractivity contribution in [3.8, 4) is 5.75 Å². The lowest BCUT2D eigenvalue weighted by atomic mass is 10.1. The Bertz CT molecular complexity index is 521. The molecular formula is C15H18N2O. The van der Waals surface area contributed by atoms with Crippen molar-refractivity contribution >= 4 is 0 Å². The van der Waals surface area contributed by atoms with E-state index in [4.69, 9.17) is 10.5 Å². The van der Waals surface area contributed by atoms with Crippen LogP contribution in [0.25, 0.3) is 0 Å². The molecule has 0 saturated heterocycles. The molecule has 1 aromatic heterocycles. The second-order valence-electron chi connectivity index (χ2n) is 4.40. The van der Waals surface area contributed by atoms with Crippen molar-refractivity contribution in [2.45, 2.75) is 27.0 Å². The van der Waals surface area contributed by atoms with Gasteiger partial charge < -0.3 is 10.5 Å². The normalized spacial score (nSPS) is 10.4. The highest BCUT2D eigenvalue weighted by atomic mass is 16.5. The maximum absolute atomic E-state index is 5.68. The van der Waals surface area contributed by atoms with E-state index >= 15 is 0 Å². The lowest BCUT2D eigenvalue weighted by Crippen LogP contribution is -2.00. The molecule has 1 aromatic carbocycles. The molecule has 0 aliphatic rings. The van der Waals surface area contributed by atoms with Gasteiger partial charge in [0.25, 0.3) is 0 Å². The number of aromatic nitrogens is 1. The first-order valence-electron chi connectivity index (χ1n) is 6.03. The summed E-state index contributed by atoms with van der Waals surface area (Å²) in [6, 6.07) is 10.1. The van der Waals surface area contributed by atoms with E-state index in [1.807, 2.05) is 12.1 Å². The zero-order chi connectivity index (χ0) is 13.0. The Morgan fingerprint density at radius 2 is 1.94 bits per heavy atom. The molecule has 18 heavy (non-hydrogen) atoms.